The molecule has 1 amide bonds. The van der Waals surface area contributed by atoms with Crippen LogP contribution < -0.4 is 15.4 Å². The van der Waals surface area contributed by atoms with E-state index in [-0.39, 0.29) is 5.91 Å². The van der Waals surface area contributed by atoms with Gasteiger partial charge in [0.25, 0.3) is 0 Å². The Bertz CT molecular complexity index is 620. The first-order valence-electron chi connectivity index (χ1n) is 6.96. The van der Waals surface area contributed by atoms with Crippen molar-refractivity contribution in [2.75, 3.05) is 17.7 Å². The first-order chi connectivity index (χ1) is 10.1. The van der Waals surface area contributed by atoms with Crippen LogP contribution in [-0.4, -0.2) is 17.6 Å². The minimum absolute atomic E-state index is 0.116. The number of aryl methyl sites for hydroxylation is 1. The van der Waals surface area contributed by atoms with Crippen LogP contribution in [0, 0.1) is 0 Å². The van der Waals surface area contributed by atoms with Crippen LogP contribution in [0.5, 0.6) is 5.75 Å². The Balaban J connectivity index is 2.04. The lowest BCUT2D eigenvalue weighted by Gasteiger charge is -2.12. The third kappa shape index (κ3) is 4.02. The summed E-state index contributed by atoms with van der Waals surface area (Å²) in [7, 11) is 1.59. The van der Waals surface area contributed by atoms with Gasteiger partial charge in [0.2, 0.25) is 5.91 Å². The highest BCUT2D eigenvalue weighted by Gasteiger charge is 2.06. The number of nitrogens with zero attached hydrogens (tertiary/aromatic N) is 1. The van der Waals surface area contributed by atoms with Crippen LogP contribution in [0.2, 0.25) is 0 Å². The minimum Gasteiger partial charge on any atom is -0.494 e. The van der Waals surface area contributed by atoms with Gasteiger partial charge in [-0.15, -0.1) is 0 Å². The summed E-state index contributed by atoms with van der Waals surface area (Å²) in [6.07, 6.45) is 4.19. The van der Waals surface area contributed by atoms with Crippen LogP contribution >= 0.6 is 0 Å². The summed E-state index contributed by atoms with van der Waals surface area (Å²) in [5, 5.41) is 6.09. The Morgan fingerprint density at radius 2 is 2.14 bits per heavy atom. The van der Waals surface area contributed by atoms with E-state index < -0.39 is 0 Å². The molecule has 0 saturated carbocycles. The van der Waals surface area contributed by atoms with Crippen LogP contribution in [0.15, 0.2) is 36.7 Å². The maximum atomic E-state index is 11.1. The van der Waals surface area contributed by atoms with Crippen LogP contribution in [0.3, 0.4) is 0 Å². The predicted octanol–water partition coefficient (Wildman–Crippen LogP) is 3.09. The molecule has 1 aromatic carbocycles. The molecule has 2 rings (SSSR count). The molecule has 2 N–H and O–H groups in total. The summed E-state index contributed by atoms with van der Waals surface area (Å²) < 4.78 is 7.44. The second-order valence-corrected chi connectivity index (χ2v) is 4.80. The zero-order valence-electron chi connectivity index (χ0n) is 12.6. The lowest BCUT2D eigenvalue weighted by Crippen LogP contribution is -2.07. The second kappa shape index (κ2) is 6.83. The topological polar surface area (TPSA) is 55.3 Å². The predicted molar refractivity (Wildman–Crippen MR) is 84.7 cm³/mol. The van der Waals surface area contributed by atoms with Gasteiger partial charge in [-0.1, -0.05) is 0 Å². The molecule has 112 valence electrons. The number of amides is 1. The third-order valence-corrected chi connectivity index (χ3v) is 3.19. The molecule has 5 heteroatoms. The molecule has 0 aliphatic rings. The molecular formula is C16H21N3O2. The van der Waals surface area contributed by atoms with E-state index in [2.05, 4.69) is 40.6 Å². The molecule has 0 fully saturated rings. The first kappa shape index (κ1) is 15.0. The Kier molecular flexibility index (Phi) is 4.87. The Morgan fingerprint density at radius 1 is 1.33 bits per heavy atom. The fourth-order valence-corrected chi connectivity index (χ4v) is 2.09. The van der Waals surface area contributed by atoms with Gasteiger partial charge < -0.3 is 19.9 Å². The summed E-state index contributed by atoms with van der Waals surface area (Å²) in [4.78, 5) is 11.1. The Labute approximate surface area is 124 Å². The van der Waals surface area contributed by atoms with E-state index in [1.54, 1.807) is 7.11 Å². The van der Waals surface area contributed by atoms with Crippen molar-refractivity contribution in [2.45, 2.75) is 26.9 Å². The highest BCUT2D eigenvalue weighted by molar-refractivity contribution is 5.90. The number of hydrogen-bond donors (Lipinski definition) is 2. The highest BCUT2D eigenvalue weighted by Crippen LogP contribution is 2.28. The van der Waals surface area contributed by atoms with Gasteiger partial charge in [-0.05, 0) is 30.7 Å². The zero-order valence-corrected chi connectivity index (χ0v) is 12.6. The average Bonchev–Trinajstić information content (AvgIpc) is 2.93. The molecule has 0 radical (unpaired) electrons. The molecule has 1 aromatic heterocycles. The highest BCUT2D eigenvalue weighted by atomic mass is 16.5. The second-order valence-electron chi connectivity index (χ2n) is 4.80. The molecule has 2 aromatic rings. The summed E-state index contributed by atoms with van der Waals surface area (Å²) in [5.74, 6) is 0.524. The summed E-state index contributed by atoms with van der Waals surface area (Å²) in [5.41, 5.74) is 2.85. The summed E-state index contributed by atoms with van der Waals surface area (Å²) in [6.45, 7) is 5.31. The average molecular weight is 287 g/mol. The van der Waals surface area contributed by atoms with Gasteiger partial charge in [0.1, 0.15) is 5.75 Å². The van der Waals surface area contributed by atoms with Gasteiger partial charge in [0, 0.05) is 44.2 Å². The number of carbonyl (C=O) groups excluding carboxylic acids is 1. The van der Waals surface area contributed by atoms with Crippen LogP contribution in [0.25, 0.3) is 0 Å². The summed E-state index contributed by atoms with van der Waals surface area (Å²) in [6, 6.07) is 7.73. The molecule has 0 saturated heterocycles. The van der Waals surface area contributed by atoms with Crippen LogP contribution in [-0.2, 0) is 17.9 Å². The number of carbonyl (C=O) groups is 1. The van der Waals surface area contributed by atoms with E-state index in [0.717, 1.165) is 18.8 Å². The van der Waals surface area contributed by atoms with Crippen LogP contribution in [0.1, 0.15) is 19.4 Å². The molecule has 0 aliphatic heterocycles. The first-order valence-corrected chi connectivity index (χ1v) is 6.96. The number of methoxy groups -OCH3 is 1. The van der Waals surface area contributed by atoms with Crippen molar-refractivity contribution in [1.82, 2.24) is 4.57 Å². The van der Waals surface area contributed by atoms with Gasteiger partial charge in [-0.2, -0.15) is 0 Å². The monoisotopic (exact) mass is 287 g/mol. The molecule has 21 heavy (non-hydrogen) atoms. The standard InChI is InChI=1S/C16H21N3O2/c1-4-19-8-7-13(11-19)10-17-14-5-6-15(18-12(2)20)16(9-14)21-3/h5-9,11,17H,4,10H2,1-3H3,(H,18,20). The van der Waals surface area contributed by atoms with Crippen molar-refractivity contribution in [2.24, 2.45) is 0 Å². The van der Waals surface area contributed by atoms with Crippen molar-refractivity contribution in [1.29, 1.82) is 0 Å². The van der Waals surface area contributed by atoms with E-state index in [4.69, 9.17) is 4.74 Å². The van der Waals surface area contributed by atoms with Crippen molar-refractivity contribution in [3.8, 4) is 5.75 Å². The van der Waals surface area contributed by atoms with Crippen molar-refractivity contribution in [3.63, 3.8) is 0 Å². The van der Waals surface area contributed by atoms with E-state index >= 15 is 0 Å². The van der Waals surface area contributed by atoms with Gasteiger partial charge in [-0.3, -0.25) is 4.79 Å². The molecule has 0 atom stereocenters. The number of rotatable bonds is 6. The Morgan fingerprint density at radius 3 is 2.76 bits per heavy atom. The van der Waals surface area contributed by atoms with E-state index in [1.807, 2.05) is 18.2 Å². The van der Waals surface area contributed by atoms with Gasteiger partial charge in [-0.25, -0.2) is 0 Å². The minimum atomic E-state index is -0.116. The molecule has 1 heterocycles. The van der Waals surface area contributed by atoms with Gasteiger partial charge in [0.05, 0.1) is 12.8 Å². The number of benzene rings is 1. The lowest BCUT2D eigenvalue weighted by molar-refractivity contribution is -0.114. The lowest BCUT2D eigenvalue weighted by atomic mass is 10.2. The van der Waals surface area contributed by atoms with E-state index in [0.29, 0.717) is 11.4 Å². The van der Waals surface area contributed by atoms with E-state index in [9.17, 15) is 4.79 Å². The molecular weight excluding hydrogens is 266 g/mol. The fourth-order valence-electron chi connectivity index (χ4n) is 2.09. The molecule has 5 nitrogen and oxygen atoms in total. The van der Waals surface area contributed by atoms with Gasteiger partial charge >= 0.3 is 0 Å². The van der Waals surface area contributed by atoms with Crippen LogP contribution in [0.4, 0.5) is 11.4 Å². The number of ether oxygens (including phenoxy) is 1. The number of anilines is 2. The largest absolute Gasteiger partial charge is 0.494 e. The van der Waals surface area contributed by atoms with E-state index in [1.165, 1.54) is 12.5 Å². The molecule has 0 spiro atoms. The maximum Gasteiger partial charge on any atom is 0.221 e. The number of hydrogen-bond acceptors (Lipinski definition) is 3. The van der Waals surface area contributed by atoms with Crippen molar-refractivity contribution in [3.05, 3.63) is 42.2 Å². The van der Waals surface area contributed by atoms with Gasteiger partial charge in [0.15, 0.2) is 0 Å². The number of aromatic nitrogens is 1. The third-order valence-electron chi connectivity index (χ3n) is 3.19. The zero-order chi connectivity index (χ0) is 15.2. The fraction of sp³-hybridized carbons (Fsp3) is 0.312. The summed E-state index contributed by atoms with van der Waals surface area (Å²) >= 11 is 0. The van der Waals surface area contributed by atoms with Crippen molar-refractivity contribution >= 4 is 17.3 Å². The molecule has 0 bridgehead atoms. The quantitative estimate of drug-likeness (QED) is 0.858. The van der Waals surface area contributed by atoms with Crippen molar-refractivity contribution < 1.29 is 9.53 Å². The smallest absolute Gasteiger partial charge is 0.221 e. The molecule has 0 unspecified atom stereocenters. The Hall–Kier alpha value is -2.43. The maximum absolute atomic E-state index is 11.1. The molecule has 0 aliphatic carbocycles. The SMILES string of the molecule is CCn1ccc(CNc2ccc(NC(C)=O)c(OC)c2)c1. The normalized spacial score (nSPS) is 10.2. The number of nitrogens with one attached hydrogen (secondary N) is 2.